The van der Waals surface area contributed by atoms with Gasteiger partial charge in [0.2, 0.25) is 6.79 Å². The third kappa shape index (κ3) is 4.67. The Labute approximate surface area is 169 Å². The minimum absolute atomic E-state index is 0.155. The number of hydrogen-bond acceptors (Lipinski definition) is 5. The summed E-state index contributed by atoms with van der Waals surface area (Å²) in [6.07, 6.45) is 0. The van der Waals surface area contributed by atoms with Crippen LogP contribution in [-0.2, 0) is 13.1 Å². The van der Waals surface area contributed by atoms with Crippen molar-refractivity contribution in [2.45, 2.75) is 13.1 Å². The lowest BCUT2D eigenvalue weighted by Gasteiger charge is -2.09. The van der Waals surface area contributed by atoms with E-state index in [0.29, 0.717) is 18.7 Å². The second-order valence-corrected chi connectivity index (χ2v) is 6.67. The highest BCUT2D eigenvalue weighted by Gasteiger charge is 2.13. The fourth-order valence-electron chi connectivity index (χ4n) is 3.11. The quantitative estimate of drug-likeness (QED) is 0.639. The van der Waals surface area contributed by atoms with Crippen LogP contribution in [-0.4, -0.2) is 19.8 Å². The Morgan fingerprint density at radius 2 is 1.69 bits per heavy atom. The lowest BCUT2D eigenvalue weighted by Crippen LogP contribution is -2.14. The summed E-state index contributed by atoms with van der Waals surface area (Å²) in [6, 6.07) is 20.8. The van der Waals surface area contributed by atoms with E-state index in [-0.39, 0.29) is 12.7 Å². The van der Waals surface area contributed by atoms with Crippen LogP contribution in [0.1, 0.15) is 21.5 Å². The summed E-state index contributed by atoms with van der Waals surface area (Å²) in [5, 5.41) is 6.35. The monoisotopic (exact) mass is 390 g/mol. The maximum Gasteiger partial charge on any atom is 0.255 e. The van der Waals surface area contributed by atoms with Gasteiger partial charge in [0.1, 0.15) is 5.75 Å². The van der Waals surface area contributed by atoms with Crippen LogP contribution in [0.15, 0.2) is 66.7 Å². The highest BCUT2D eigenvalue weighted by Crippen LogP contribution is 2.32. The maximum atomic E-state index is 12.4. The zero-order chi connectivity index (χ0) is 20.1. The number of fused-ring (bicyclic) bond motifs is 1. The number of nitrogens with one attached hydrogen (secondary N) is 2. The van der Waals surface area contributed by atoms with Crippen LogP contribution in [0.3, 0.4) is 0 Å². The van der Waals surface area contributed by atoms with E-state index in [4.69, 9.17) is 14.2 Å². The molecule has 0 aromatic heterocycles. The molecule has 0 radical (unpaired) electrons. The summed E-state index contributed by atoms with van der Waals surface area (Å²) in [5.41, 5.74) is 3.54. The van der Waals surface area contributed by atoms with Crippen LogP contribution in [0.4, 0.5) is 5.69 Å². The molecule has 0 aliphatic carbocycles. The number of carbonyl (C=O) groups is 1. The Kier molecular flexibility index (Phi) is 5.63. The Balaban J connectivity index is 1.32. The van der Waals surface area contributed by atoms with Crippen LogP contribution >= 0.6 is 0 Å². The smallest absolute Gasteiger partial charge is 0.255 e. The van der Waals surface area contributed by atoms with Crippen LogP contribution < -0.4 is 24.8 Å². The molecule has 0 unspecified atom stereocenters. The molecule has 6 heteroatoms. The van der Waals surface area contributed by atoms with Gasteiger partial charge in [0, 0.05) is 24.3 Å². The molecule has 1 aliphatic rings. The van der Waals surface area contributed by atoms with Gasteiger partial charge in [0.25, 0.3) is 5.91 Å². The third-order valence-electron chi connectivity index (χ3n) is 4.63. The van der Waals surface area contributed by atoms with E-state index < -0.39 is 0 Å². The van der Waals surface area contributed by atoms with Crippen molar-refractivity contribution in [3.63, 3.8) is 0 Å². The third-order valence-corrected chi connectivity index (χ3v) is 4.63. The van der Waals surface area contributed by atoms with E-state index in [2.05, 4.69) is 10.6 Å². The van der Waals surface area contributed by atoms with Crippen molar-refractivity contribution in [1.29, 1.82) is 0 Å². The van der Waals surface area contributed by atoms with E-state index >= 15 is 0 Å². The van der Waals surface area contributed by atoms with Crippen molar-refractivity contribution < 1.29 is 19.0 Å². The molecule has 0 saturated carbocycles. The molecule has 3 aromatic carbocycles. The second-order valence-electron chi connectivity index (χ2n) is 6.67. The molecular weight excluding hydrogens is 368 g/mol. The van der Waals surface area contributed by atoms with E-state index in [1.165, 1.54) is 0 Å². The number of ether oxygens (including phenoxy) is 3. The standard InChI is InChI=1S/C23H22N2O4/c1-27-20-8-6-18(7-9-20)23(26)25-19-4-2-3-16(11-19)13-24-14-17-5-10-21-22(12-17)29-15-28-21/h2-12,24H,13-15H2,1H3,(H,25,26). The summed E-state index contributed by atoms with van der Waals surface area (Å²) in [6.45, 7) is 1.67. The fourth-order valence-corrected chi connectivity index (χ4v) is 3.11. The lowest BCUT2D eigenvalue weighted by atomic mass is 10.1. The van der Waals surface area contributed by atoms with Crippen molar-refractivity contribution >= 4 is 11.6 Å². The molecule has 1 amide bonds. The first-order valence-corrected chi connectivity index (χ1v) is 9.35. The first kappa shape index (κ1) is 18.8. The average molecular weight is 390 g/mol. The molecule has 2 N–H and O–H groups in total. The van der Waals surface area contributed by atoms with Gasteiger partial charge in [-0.15, -0.1) is 0 Å². The molecule has 0 atom stereocenters. The predicted octanol–water partition coefficient (Wildman–Crippen LogP) is 3.97. The highest BCUT2D eigenvalue weighted by molar-refractivity contribution is 6.04. The first-order chi connectivity index (χ1) is 14.2. The summed E-state index contributed by atoms with van der Waals surface area (Å²) in [7, 11) is 1.60. The second kappa shape index (κ2) is 8.67. The normalized spacial score (nSPS) is 11.9. The molecule has 0 spiro atoms. The number of methoxy groups -OCH3 is 1. The lowest BCUT2D eigenvalue weighted by molar-refractivity contribution is 0.102. The van der Waals surface area contributed by atoms with Gasteiger partial charge in [-0.25, -0.2) is 0 Å². The van der Waals surface area contributed by atoms with E-state index in [0.717, 1.165) is 34.1 Å². The number of rotatable bonds is 7. The fraction of sp³-hybridized carbons (Fsp3) is 0.174. The van der Waals surface area contributed by atoms with E-state index in [1.54, 1.807) is 31.4 Å². The molecule has 0 saturated heterocycles. The van der Waals surface area contributed by atoms with Gasteiger partial charge in [0.15, 0.2) is 11.5 Å². The first-order valence-electron chi connectivity index (χ1n) is 9.35. The minimum atomic E-state index is -0.155. The van der Waals surface area contributed by atoms with Gasteiger partial charge in [-0.1, -0.05) is 18.2 Å². The molecule has 0 fully saturated rings. The van der Waals surface area contributed by atoms with E-state index in [9.17, 15) is 4.79 Å². The number of carbonyl (C=O) groups excluding carboxylic acids is 1. The predicted molar refractivity (Wildman–Crippen MR) is 110 cm³/mol. The van der Waals surface area contributed by atoms with Crippen LogP contribution in [0.2, 0.25) is 0 Å². The molecule has 3 aromatic rings. The summed E-state index contributed by atoms with van der Waals surface area (Å²) >= 11 is 0. The van der Waals surface area contributed by atoms with Gasteiger partial charge in [-0.2, -0.15) is 0 Å². The number of anilines is 1. The molecule has 148 valence electrons. The average Bonchev–Trinajstić information content (AvgIpc) is 3.22. The molecule has 1 heterocycles. The SMILES string of the molecule is COc1ccc(C(=O)Nc2cccc(CNCc3ccc4c(c3)OCO4)c2)cc1. The molecule has 1 aliphatic heterocycles. The Morgan fingerprint density at radius 3 is 2.48 bits per heavy atom. The zero-order valence-electron chi connectivity index (χ0n) is 16.1. The molecule has 0 bridgehead atoms. The van der Waals surface area contributed by atoms with Crippen LogP contribution in [0.25, 0.3) is 0 Å². The number of benzene rings is 3. The van der Waals surface area contributed by atoms with Gasteiger partial charge in [-0.05, 0) is 59.7 Å². The minimum Gasteiger partial charge on any atom is -0.497 e. The Bertz CT molecular complexity index is 1000. The molecule has 6 nitrogen and oxygen atoms in total. The molecular formula is C23H22N2O4. The highest BCUT2D eigenvalue weighted by atomic mass is 16.7. The molecule has 4 rings (SSSR count). The van der Waals surface area contributed by atoms with Crippen molar-refractivity contribution in [2.24, 2.45) is 0 Å². The van der Waals surface area contributed by atoms with Crippen molar-refractivity contribution in [1.82, 2.24) is 5.32 Å². The Hall–Kier alpha value is -3.51. The number of amides is 1. The largest absolute Gasteiger partial charge is 0.497 e. The van der Waals surface area contributed by atoms with Gasteiger partial charge < -0.3 is 24.8 Å². The summed E-state index contributed by atoms with van der Waals surface area (Å²) in [5.74, 6) is 2.14. The summed E-state index contributed by atoms with van der Waals surface area (Å²) in [4.78, 5) is 12.4. The summed E-state index contributed by atoms with van der Waals surface area (Å²) < 4.78 is 15.9. The zero-order valence-corrected chi connectivity index (χ0v) is 16.1. The van der Waals surface area contributed by atoms with Crippen molar-refractivity contribution in [3.8, 4) is 17.2 Å². The van der Waals surface area contributed by atoms with Crippen molar-refractivity contribution in [3.05, 3.63) is 83.4 Å². The topological polar surface area (TPSA) is 68.8 Å². The number of hydrogen-bond donors (Lipinski definition) is 2. The van der Waals surface area contributed by atoms with Gasteiger partial charge >= 0.3 is 0 Å². The Morgan fingerprint density at radius 1 is 0.931 bits per heavy atom. The molecule has 29 heavy (non-hydrogen) atoms. The van der Waals surface area contributed by atoms with E-state index in [1.807, 2.05) is 42.5 Å². The van der Waals surface area contributed by atoms with Gasteiger partial charge in [0.05, 0.1) is 7.11 Å². The van der Waals surface area contributed by atoms with Gasteiger partial charge in [-0.3, -0.25) is 4.79 Å². The maximum absolute atomic E-state index is 12.4. The van der Waals surface area contributed by atoms with Crippen LogP contribution in [0.5, 0.6) is 17.2 Å². The van der Waals surface area contributed by atoms with Crippen molar-refractivity contribution in [2.75, 3.05) is 19.2 Å². The van der Waals surface area contributed by atoms with Crippen LogP contribution in [0, 0.1) is 0 Å².